The number of halogens is 1. The molecule has 2 aromatic carbocycles. The minimum Gasteiger partial charge on any atom is -0.419 e. The molecule has 5 aromatic rings. The van der Waals surface area contributed by atoms with Gasteiger partial charge in [0.15, 0.2) is 5.16 Å². The molecule has 0 unspecified atom stereocenters. The molecule has 6 nitrogen and oxygen atoms in total. The van der Waals surface area contributed by atoms with Crippen LogP contribution in [-0.4, -0.2) is 19.7 Å². The lowest BCUT2D eigenvalue weighted by Crippen LogP contribution is -2.21. The van der Waals surface area contributed by atoms with Crippen LogP contribution in [0.5, 0.6) is 0 Å². The van der Waals surface area contributed by atoms with Crippen molar-refractivity contribution < 1.29 is 4.42 Å². The van der Waals surface area contributed by atoms with E-state index in [4.69, 9.17) is 9.40 Å². The molecule has 0 spiro atoms. The zero-order valence-corrected chi connectivity index (χ0v) is 18.6. The van der Waals surface area contributed by atoms with Crippen LogP contribution < -0.4 is 5.56 Å². The fraction of sp³-hybridized carbons (Fsp3) is 0.0476. The summed E-state index contributed by atoms with van der Waals surface area (Å²) in [6, 6.07) is 18.9. The molecule has 3 aromatic heterocycles. The highest BCUT2D eigenvalue weighted by atomic mass is 79.9. The molecular formula is C21H13BrN4O2S2. The van der Waals surface area contributed by atoms with Gasteiger partial charge in [-0.1, -0.05) is 52.0 Å². The molecule has 3 heterocycles. The lowest BCUT2D eigenvalue weighted by atomic mass is 10.2. The lowest BCUT2D eigenvalue weighted by Gasteiger charge is -2.12. The highest BCUT2D eigenvalue weighted by molar-refractivity contribution is 9.10. The second-order valence-corrected chi connectivity index (χ2v) is 9.10. The Morgan fingerprint density at radius 2 is 1.93 bits per heavy atom. The number of benzene rings is 2. The Morgan fingerprint density at radius 3 is 2.73 bits per heavy atom. The second kappa shape index (κ2) is 8.17. The van der Waals surface area contributed by atoms with Crippen LogP contribution in [0.1, 0.15) is 5.89 Å². The quantitative estimate of drug-likeness (QED) is 0.234. The maximum absolute atomic E-state index is 13.3. The van der Waals surface area contributed by atoms with Crippen molar-refractivity contribution in [3.05, 3.63) is 86.8 Å². The predicted molar refractivity (Wildman–Crippen MR) is 122 cm³/mol. The van der Waals surface area contributed by atoms with E-state index in [9.17, 15) is 4.79 Å². The first kappa shape index (κ1) is 19.2. The van der Waals surface area contributed by atoms with Gasteiger partial charge in [0.2, 0.25) is 5.89 Å². The third kappa shape index (κ3) is 3.71. The van der Waals surface area contributed by atoms with E-state index in [1.165, 1.54) is 11.8 Å². The predicted octanol–water partition coefficient (Wildman–Crippen LogP) is 5.55. The van der Waals surface area contributed by atoms with Gasteiger partial charge in [-0.05, 0) is 41.8 Å². The first-order valence-electron chi connectivity index (χ1n) is 8.96. The molecule has 30 heavy (non-hydrogen) atoms. The summed E-state index contributed by atoms with van der Waals surface area (Å²) >= 11 is 6.37. The molecule has 5 rings (SSSR count). The van der Waals surface area contributed by atoms with E-state index < -0.39 is 0 Å². The Balaban J connectivity index is 1.55. The molecule has 0 aliphatic carbocycles. The average molecular weight is 497 g/mol. The summed E-state index contributed by atoms with van der Waals surface area (Å²) in [7, 11) is 0. The zero-order valence-electron chi connectivity index (χ0n) is 15.4. The molecule has 0 saturated carbocycles. The number of para-hydroxylation sites is 1. The minimum atomic E-state index is -0.125. The van der Waals surface area contributed by atoms with Gasteiger partial charge in [-0.15, -0.1) is 21.5 Å². The molecule has 0 N–H and O–H groups in total. The fourth-order valence-corrected chi connectivity index (χ4v) is 4.83. The highest BCUT2D eigenvalue weighted by Gasteiger charge is 2.16. The van der Waals surface area contributed by atoms with E-state index in [0.717, 1.165) is 15.0 Å². The van der Waals surface area contributed by atoms with Crippen LogP contribution in [0.25, 0.3) is 27.4 Å². The SMILES string of the molecule is O=c1c2cc(Br)ccc2nc(SCc2nnc(-c3cccs3)o2)n1-c1ccccc1. The van der Waals surface area contributed by atoms with Crippen LogP contribution in [0.3, 0.4) is 0 Å². The smallest absolute Gasteiger partial charge is 0.266 e. The summed E-state index contributed by atoms with van der Waals surface area (Å²) in [5.41, 5.74) is 1.27. The van der Waals surface area contributed by atoms with E-state index in [2.05, 4.69) is 26.1 Å². The van der Waals surface area contributed by atoms with E-state index in [-0.39, 0.29) is 5.56 Å². The molecule has 0 aliphatic rings. The molecule has 0 fully saturated rings. The number of aromatic nitrogens is 4. The summed E-state index contributed by atoms with van der Waals surface area (Å²) in [5, 5.41) is 11.3. The van der Waals surface area contributed by atoms with Crippen LogP contribution in [0.2, 0.25) is 0 Å². The Kier molecular flexibility index (Phi) is 5.24. The monoisotopic (exact) mass is 496 g/mol. The summed E-state index contributed by atoms with van der Waals surface area (Å²) in [6.45, 7) is 0. The topological polar surface area (TPSA) is 73.8 Å². The van der Waals surface area contributed by atoms with Gasteiger partial charge < -0.3 is 4.42 Å². The normalized spacial score (nSPS) is 11.2. The van der Waals surface area contributed by atoms with E-state index in [1.54, 1.807) is 22.0 Å². The molecule has 0 atom stereocenters. The third-order valence-electron chi connectivity index (χ3n) is 4.34. The molecule has 148 valence electrons. The van der Waals surface area contributed by atoms with Crippen molar-refractivity contribution >= 4 is 49.9 Å². The molecule has 0 aliphatic heterocycles. The first-order chi connectivity index (χ1) is 14.7. The maximum atomic E-state index is 13.3. The van der Waals surface area contributed by atoms with Crippen LogP contribution in [-0.2, 0) is 5.75 Å². The molecule has 0 bridgehead atoms. The Morgan fingerprint density at radius 1 is 1.07 bits per heavy atom. The van der Waals surface area contributed by atoms with Crippen molar-refractivity contribution in [3.8, 4) is 16.5 Å². The molecule has 0 amide bonds. The summed E-state index contributed by atoms with van der Waals surface area (Å²) in [6.07, 6.45) is 0. The van der Waals surface area contributed by atoms with Gasteiger partial charge in [-0.25, -0.2) is 4.98 Å². The van der Waals surface area contributed by atoms with Crippen LogP contribution in [0, 0.1) is 0 Å². The van der Waals surface area contributed by atoms with Gasteiger partial charge in [-0.3, -0.25) is 9.36 Å². The number of fused-ring (bicyclic) bond motifs is 1. The standard InChI is InChI=1S/C21H13BrN4O2S2/c22-13-8-9-16-15(11-13)20(27)26(14-5-2-1-3-6-14)21(23-16)30-12-18-24-25-19(28-18)17-7-4-10-29-17/h1-11H,12H2. The number of thioether (sulfide) groups is 1. The Labute approximate surface area is 187 Å². The average Bonchev–Trinajstić information content (AvgIpc) is 3.45. The van der Waals surface area contributed by atoms with Gasteiger partial charge in [0.1, 0.15) is 0 Å². The third-order valence-corrected chi connectivity index (χ3v) is 6.61. The first-order valence-corrected chi connectivity index (χ1v) is 11.6. The van der Waals surface area contributed by atoms with Crippen molar-refractivity contribution in [2.75, 3.05) is 0 Å². The molecule has 0 saturated heterocycles. The Bertz CT molecular complexity index is 1380. The lowest BCUT2D eigenvalue weighted by molar-refractivity contribution is 0.529. The van der Waals surface area contributed by atoms with Gasteiger partial charge in [0.25, 0.3) is 11.4 Å². The number of nitrogens with zero attached hydrogens (tertiary/aromatic N) is 4. The van der Waals surface area contributed by atoms with Crippen LogP contribution in [0.4, 0.5) is 0 Å². The van der Waals surface area contributed by atoms with Crippen molar-refractivity contribution in [1.29, 1.82) is 0 Å². The number of thiophene rings is 1. The summed E-state index contributed by atoms with van der Waals surface area (Å²) in [4.78, 5) is 19.0. The van der Waals surface area contributed by atoms with Gasteiger partial charge in [0.05, 0.1) is 27.2 Å². The Hall–Kier alpha value is -2.75. The molecular weight excluding hydrogens is 484 g/mol. The van der Waals surface area contributed by atoms with Crippen molar-refractivity contribution in [2.45, 2.75) is 10.9 Å². The van der Waals surface area contributed by atoms with Crippen molar-refractivity contribution in [3.63, 3.8) is 0 Å². The van der Waals surface area contributed by atoms with E-state index in [1.807, 2.05) is 60.0 Å². The van der Waals surface area contributed by atoms with Crippen molar-refractivity contribution in [2.24, 2.45) is 0 Å². The van der Waals surface area contributed by atoms with Gasteiger partial charge in [-0.2, -0.15) is 0 Å². The zero-order chi connectivity index (χ0) is 20.5. The largest absolute Gasteiger partial charge is 0.419 e. The summed E-state index contributed by atoms with van der Waals surface area (Å²) in [5.74, 6) is 1.38. The number of hydrogen-bond donors (Lipinski definition) is 0. The second-order valence-electron chi connectivity index (χ2n) is 6.30. The van der Waals surface area contributed by atoms with E-state index >= 15 is 0 Å². The highest BCUT2D eigenvalue weighted by Crippen LogP contribution is 2.28. The molecule has 0 radical (unpaired) electrons. The molecule has 9 heteroatoms. The van der Waals surface area contributed by atoms with Crippen LogP contribution >= 0.6 is 39.0 Å². The minimum absolute atomic E-state index is 0.125. The van der Waals surface area contributed by atoms with Gasteiger partial charge >= 0.3 is 0 Å². The van der Waals surface area contributed by atoms with Crippen LogP contribution in [0.15, 0.2) is 84.9 Å². The maximum Gasteiger partial charge on any atom is 0.266 e. The number of hydrogen-bond acceptors (Lipinski definition) is 7. The fourth-order valence-electron chi connectivity index (χ4n) is 2.98. The summed E-state index contributed by atoms with van der Waals surface area (Å²) < 4.78 is 8.23. The number of rotatable bonds is 5. The van der Waals surface area contributed by atoms with E-state index in [0.29, 0.717) is 33.6 Å². The van der Waals surface area contributed by atoms with Crippen molar-refractivity contribution in [1.82, 2.24) is 19.7 Å². The van der Waals surface area contributed by atoms with Gasteiger partial charge in [0, 0.05) is 4.47 Å².